The van der Waals surface area contributed by atoms with Gasteiger partial charge in [0.15, 0.2) is 0 Å². The van der Waals surface area contributed by atoms with Crippen molar-refractivity contribution in [1.29, 1.82) is 5.26 Å². The van der Waals surface area contributed by atoms with Crippen molar-refractivity contribution < 1.29 is 26.3 Å². The molecule has 0 radical (unpaired) electrons. The molecule has 5 rings (SSSR count). The van der Waals surface area contributed by atoms with E-state index in [0.29, 0.717) is 22.3 Å². The molecule has 198 valence electrons. The summed E-state index contributed by atoms with van der Waals surface area (Å²) in [4.78, 5) is 0. The highest BCUT2D eigenvalue weighted by Gasteiger charge is 2.42. The first-order valence-corrected chi connectivity index (χ1v) is 12.1. The first kappa shape index (κ1) is 26.8. The van der Waals surface area contributed by atoms with Gasteiger partial charge in [-0.05, 0) is 51.6 Å². The van der Waals surface area contributed by atoms with Crippen LogP contribution in [0.1, 0.15) is 16.7 Å². The van der Waals surface area contributed by atoms with Crippen LogP contribution in [0.2, 0.25) is 0 Å². The van der Waals surface area contributed by atoms with E-state index in [-0.39, 0.29) is 17.2 Å². The Balaban J connectivity index is 1.85. The van der Waals surface area contributed by atoms with Gasteiger partial charge in [-0.2, -0.15) is 31.6 Å². The molecule has 0 aliphatic rings. The van der Waals surface area contributed by atoms with E-state index in [0.717, 1.165) is 0 Å². The second-order valence-electron chi connectivity index (χ2n) is 9.10. The second-order valence-corrected chi connectivity index (χ2v) is 9.10. The minimum absolute atomic E-state index is 0.0144. The summed E-state index contributed by atoms with van der Waals surface area (Å²) in [7, 11) is 0. The quantitative estimate of drug-likeness (QED) is 0.207. The summed E-state index contributed by atoms with van der Waals surface area (Å²) < 4.78 is 86.3. The summed E-state index contributed by atoms with van der Waals surface area (Å²) in [6.45, 7) is 0. The van der Waals surface area contributed by atoms with Crippen molar-refractivity contribution in [2.45, 2.75) is 12.4 Å². The van der Waals surface area contributed by atoms with Gasteiger partial charge >= 0.3 is 12.4 Å². The molecule has 0 aromatic heterocycles. The third-order valence-corrected chi connectivity index (χ3v) is 6.57. The van der Waals surface area contributed by atoms with Crippen LogP contribution in [0.15, 0.2) is 115 Å². The standard InChI is InChI=1S/C33H19F6N/c34-32(35,36)28-19-29(33(37,38)39)31(26-16-8-14-24(18-26)22-11-5-2-6-12-22)27(20-40)30(28)25-15-7-13-23(17-25)21-9-3-1-4-10-21/h1-19H. The summed E-state index contributed by atoms with van der Waals surface area (Å²) >= 11 is 0. The van der Waals surface area contributed by atoms with Gasteiger partial charge < -0.3 is 0 Å². The number of nitrogens with zero attached hydrogens (tertiary/aromatic N) is 1. The smallest absolute Gasteiger partial charge is 0.192 e. The molecule has 0 saturated carbocycles. The molecular weight excluding hydrogens is 524 g/mol. The van der Waals surface area contributed by atoms with E-state index < -0.39 is 40.2 Å². The maximum absolute atomic E-state index is 14.4. The van der Waals surface area contributed by atoms with E-state index in [1.165, 1.54) is 36.4 Å². The Morgan fingerprint density at radius 3 is 1.12 bits per heavy atom. The molecule has 0 spiro atoms. The average Bonchev–Trinajstić information content (AvgIpc) is 2.96. The molecule has 7 heteroatoms. The molecule has 0 bridgehead atoms. The van der Waals surface area contributed by atoms with E-state index in [2.05, 4.69) is 0 Å². The molecule has 0 amide bonds. The van der Waals surface area contributed by atoms with Crippen LogP contribution in [0.5, 0.6) is 0 Å². The average molecular weight is 544 g/mol. The first-order valence-electron chi connectivity index (χ1n) is 12.1. The molecule has 0 N–H and O–H groups in total. The third kappa shape index (κ3) is 5.21. The molecule has 0 aliphatic carbocycles. The molecular formula is C33H19F6N. The van der Waals surface area contributed by atoms with Crippen molar-refractivity contribution in [1.82, 2.24) is 0 Å². The Hall–Kier alpha value is -4.83. The highest BCUT2D eigenvalue weighted by atomic mass is 19.4. The summed E-state index contributed by atoms with van der Waals surface area (Å²) in [6.07, 6.45) is -10.3. The lowest BCUT2D eigenvalue weighted by molar-refractivity contribution is -0.142. The lowest BCUT2D eigenvalue weighted by Crippen LogP contribution is -2.16. The fourth-order valence-electron chi connectivity index (χ4n) is 4.81. The van der Waals surface area contributed by atoms with Gasteiger partial charge in [0.2, 0.25) is 0 Å². The number of hydrogen-bond acceptors (Lipinski definition) is 1. The minimum Gasteiger partial charge on any atom is -0.192 e. The number of benzene rings is 5. The van der Waals surface area contributed by atoms with E-state index in [1.54, 1.807) is 78.9 Å². The van der Waals surface area contributed by atoms with E-state index in [9.17, 15) is 31.6 Å². The zero-order valence-electron chi connectivity index (χ0n) is 20.7. The van der Waals surface area contributed by atoms with Gasteiger partial charge in [-0.25, -0.2) is 0 Å². The maximum Gasteiger partial charge on any atom is 0.417 e. The van der Waals surface area contributed by atoms with Gasteiger partial charge in [0.1, 0.15) is 6.07 Å². The third-order valence-electron chi connectivity index (χ3n) is 6.57. The fourth-order valence-corrected chi connectivity index (χ4v) is 4.81. The highest BCUT2D eigenvalue weighted by molar-refractivity contribution is 5.89. The molecule has 0 saturated heterocycles. The minimum atomic E-state index is -5.16. The highest BCUT2D eigenvalue weighted by Crippen LogP contribution is 2.49. The summed E-state index contributed by atoms with van der Waals surface area (Å²) in [6, 6.07) is 31.6. The Kier molecular flexibility index (Phi) is 6.95. The van der Waals surface area contributed by atoms with Crippen LogP contribution in [-0.2, 0) is 12.4 Å². The monoisotopic (exact) mass is 543 g/mol. The number of halogens is 6. The van der Waals surface area contributed by atoms with Crippen LogP contribution < -0.4 is 0 Å². The van der Waals surface area contributed by atoms with Crippen LogP contribution in [0.3, 0.4) is 0 Å². The van der Waals surface area contributed by atoms with Crippen LogP contribution in [0.25, 0.3) is 44.5 Å². The van der Waals surface area contributed by atoms with E-state index >= 15 is 0 Å². The zero-order valence-corrected chi connectivity index (χ0v) is 20.7. The molecule has 5 aromatic carbocycles. The van der Waals surface area contributed by atoms with Gasteiger partial charge in [-0.15, -0.1) is 0 Å². The van der Waals surface area contributed by atoms with Gasteiger partial charge in [0.25, 0.3) is 0 Å². The maximum atomic E-state index is 14.4. The Labute approximate surface area is 226 Å². The summed E-state index contributed by atoms with van der Waals surface area (Å²) in [5, 5.41) is 10.2. The van der Waals surface area contributed by atoms with Crippen LogP contribution in [-0.4, -0.2) is 0 Å². The van der Waals surface area contributed by atoms with Gasteiger partial charge in [-0.1, -0.05) is 97.1 Å². The number of rotatable bonds is 4. The molecule has 40 heavy (non-hydrogen) atoms. The number of nitriles is 1. The van der Waals surface area contributed by atoms with Crippen molar-refractivity contribution in [3.63, 3.8) is 0 Å². The molecule has 0 fully saturated rings. The number of alkyl halides is 6. The van der Waals surface area contributed by atoms with Gasteiger partial charge in [0.05, 0.1) is 16.7 Å². The topological polar surface area (TPSA) is 23.8 Å². The Bertz CT molecular complexity index is 1590. The van der Waals surface area contributed by atoms with Gasteiger partial charge in [0, 0.05) is 11.1 Å². The van der Waals surface area contributed by atoms with Crippen molar-refractivity contribution in [3.05, 3.63) is 132 Å². The normalized spacial score (nSPS) is 11.7. The lowest BCUT2D eigenvalue weighted by atomic mass is 9.83. The largest absolute Gasteiger partial charge is 0.417 e. The van der Waals surface area contributed by atoms with Crippen LogP contribution in [0, 0.1) is 11.3 Å². The number of hydrogen-bond donors (Lipinski definition) is 0. The van der Waals surface area contributed by atoms with Gasteiger partial charge in [-0.3, -0.25) is 0 Å². The van der Waals surface area contributed by atoms with Crippen molar-refractivity contribution in [3.8, 4) is 50.6 Å². The predicted molar refractivity (Wildman–Crippen MR) is 143 cm³/mol. The molecule has 5 aromatic rings. The fraction of sp³-hybridized carbons (Fsp3) is 0.0606. The molecule has 1 nitrogen and oxygen atoms in total. The molecule has 0 unspecified atom stereocenters. The Morgan fingerprint density at radius 2 is 0.775 bits per heavy atom. The predicted octanol–water partition coefficient (Wildman–Crippen LogP) is 10.3. The zero-order chi connectivity index (χ0) is 28.5. The van der Waals surface area contributed by atoms with E-state index in [4.69, 9.17) is 0 Å². The summed E-state index contributed by atoms with van der Waals surface area (Å²) in [5.74, 6) is 0. The van der Waals surface area contributed by atoms with Crippen LogP contribution in [0.4, 0.5) is 26.3 Å². The van der Waals surface area contributed by atoms with Crippen LogP contribution >= 0.6 is 0 Å². The molecule has 0 aliphatic heterocycles. The SMILES string of the molecule is N#Cc1c(-c2cccc(-c3ccccc3)c2)c(C(F)(F)F)cc(C(F)(F)F)c1-c1cccc(-c2ccccc2)c1. The second kappa shape index (κ2) is 10.4. The molecule has 0 atom stereocenters. The van der Waals surface area contributed by atoms with E-state index in [1.807, 2.05) is 0 Å². The van der Waals surface area contributed by atoms with Crippen molar-refractivity contribution >= 4 is 0 Å². The van der Waals surface area contributed by atoms with Crippen molar-refractivity contribution in [2.75, 3.05) is 0 Å². The molecule has 0 heterocycles. The first-order chi connectivity index (χ1) is 19.1. The van der Waals surface area contributed by atoms with Crippen molar-refractivity contribution in [2.24, 2.45) is 0 Å². The summed E-state index contributed by atoms with van der Waals surface area (Å²) in [5.41, 5.74) is -2.43. The Morgan fingerprint density at radius 1 is 0.425 bits per heavy atom. The lowest BCUT2D eigenvalue weighted by Gasteiger charge is -2.23.